The summed E-state index contributed by atoms with van der Waals surface area (Å²) >= 11 is 7.21. The van der Waals surface area contributed by atoms with Crippen LogP contribution in [-0.4, -0.2) is 12.6 Å². The van der Waals surface area contributed by atoms with Crippen LogP contribution in [0.2, 0.25) is 5.02 Å². The molecule has 0 unspecified atom stereocenters. The summed E-state index contributed by atoms with van der Waals surface area (Å²) in [5.74, 6) is -0.381. The highest BCUT2D eigenvalue weighted by Gasteiger charge is 2.18. The van der Waals surface area contributed by atoms with Gasteiger partial charge in [-0.2, -0.15) is 0 Å². The highest BCUT2D eigenvalue weighted by atomic mass is 35.5. The van der Waals surface area contributed by atoms with E-state index < -0.39 is 0 Å². The summed E-state index contributed by atoms with van der Waals surface area (Å²) in [5, 5.41) is 1.89. The van der Waals surface area contributed by atoms with Crippen molar-refractivity contribution in [1.29, 1.82) is 0 Å². The number of thiophene rings is 1. The van der Waals surface area contributed by atoms with Gasteiger partial charge in [0.15, 0.2) is 0 Å². The van der Waals surface area contributed by atoms with E-state index in [0.29, 0.717) is 22.2 Å². The molecule has 2 aromatic rings. The van der Waals surface area contributed by atoms with Crippen LogP contribution in [0, 0.1) is 0 Å². The summed E-state index contributed by atoms with van der Waals surface area (Å²) in [7, 11) is 0. The van der Waals surface area contributed by atoms with E-state index >= 15 is 0 Å². The molecule has 0 saturated heterocycles. The zero-order valence-electron chi connectivity index (χ0n) is 8.62. The highest BCUT2D eigenvalue weighted by Crippen LogP contribution is 2.35. The zero-order chi connectivity index (χ0) is 11.7. The molecular formula is C11H10ClNO2S. The first kappa shape index (κ1) is 11.2. The van der Waals surface area contributed by atoms with Gasteiger partial charge in [0.05, 0.1) is 6.61 Å². The molecule has 5 heteroatoms. The van der Waals surface area contributed by atoms with E-state index in [4.69, 9.17) is 22.1 Å². The fourth-order valence-corrected chi connectivity index (χ4v) is 2.74. The van der Waals surface area contributed by atoms with Crippen molar-refractivity contribution in [1.82, 2.24) is 0 Å². The molecule has 0 amide bonds. The maximum Gasteiger partial charge on any atom is 0.341 e. The number of carbonyl (C=O) groups excluding carboxylic acids is 1. The van der Waals surface area contributed by atoms with Crippen LogP contribution >= 0.6 is 22.9 Å². The van der Waals surface area contributed by atoms with Gasteiger partial charge in [-0.3, -0.25) is 0 Å². The van der Waals surface area contributed by atoms with E-state index in [9.17, 15) is 4.79 Å². The largest absolute Gasteiger partial charge is 0.462 e. The van der Waals surface area contributed by atoms with Crippen molar-refractivity contribution in [2.75, 3.05) is 12.3 Å². The third-order valence-corrected chi connectivity index (χ3v) is 3.38. The number of carbonyl (C=O) groups is 1. The number of halogens is 1. The first-order chi connectivity index (χ1) is 7.63. The van der Waals surface area contributed by atoms with Gasteiger partial charge in [-0.1, -0.05) is 17.7 Å². The molecule has 0 saturated carbocycles. The van der Waals surface area contributed by atoms with Gasteiger partial charge in [0.2, 0.25) is 0 Å². The van der Waals surface area contributed by atoms with E-state index in [1.807, 2.05) is 0 Å². The molecule has 0 aliphatic heterocycles. The number of anilines is 1. The van der Waals surface area contributed by atoms with Crippen LogP contribution in [0.15, 0.2) is 18.2 Å². The van der Waals surface area contributed by atoms with Crippen molar-refractivity contribution in [2.45, 2.75) is 6.92 Å². The lowest BCUT2D eigenvalue weighted by molar-refractivity contribution is 0.0530. The Bertz CT molecular complexity index is 550. The van der Waals surface area contributed by atoms with Gasteiger partial charge < -0.3 is 10.5 Å². The number of esters is 1. The van der Waals surface area contributed by atoms with Crippen LogP contribution in [-0.2, 0) is 4.74 Å². The average molecular weight is 256 g/mol. The summed E-state index contributed by atoms with van der Waals surface area (Å²) in [6.45, 7) is 2.10. The summed E-state index contributed by atoms with van der Waals surface area (Å²) in [6.07, 6.45) is 0. The van der Waals surface area contributed by atoms with E-state index in [1.54, 1.807) is 25.1 Å². The van der Waals surface area contributed by atoms with Crippen LogP contribution in [0.25, 0.3) is 10.1 Å². The number of rotatable bonds is 2. The molecule has 0 fully saturated rings. The van der Waals surface area contributed by atoms with Gasteiger partial charge in [-0.15, -0.1) is 11.3 Å². The van der Waals surface area contributed by atoms with Crippen molar-refractivity contribution in [3.8, 4) is 0 Å². The predicted octanol–water partition coefficient (Wildman–Crippen LogP) is 3.31. The molecule has 16 heavy (non-hydrogen) atoms. The van der Waals surface area contributed by atoms with E-state index in [-0.39, 0.29) is 5.97 Å². The Morgan fingerprint density at radius 1 is 1.56 bits per heavy atom. The van der Waals surface area contributed by atoms with Crippen molar-refractivity contribution in [3.05, 3.63) is 28.8 Å². The molecule has 0 bridgehead atoms. The number of hydrogen-bond donors (Lipinski definition) is 1. The second kappa shape index (κ2) is 4.31. The van der Waals surface area contributed by atoms with E-state index in [2.05, 4.69) is 0 Å². The first-order valence-corrected chi connectivity index (χ1v) is 5.97. The molecule has 0 atom stereocenters. The number of ether oxygens (including phenoxy) is 1. The molecule has 1 aromatic carbocycles. The van der Waals surface area contributed by atoms with Crippen molar-refractivity contribution >= 4 is 44.0 Å². The number of nitrogens with two attached hydrogens (primary N) is 1. The van der Waals surface area contributed by atoms with Gasteiger partial charge in [0, 0.05) is 15.1 Å². The van der Waals surface area contributed by atoms with Gasteiger partial charge in [0.25, 0.3) is 0 Å². The standard InChI is InChI=1S/C11H10ClNO2S/c1-2-15-11(14)9-7-4-3-6(12)5-8(7)16-10(9)13/h3-5H,2,13H2,1H3. The van der Waals surface area contributed by atoms with Crippen LogP contribution < -0.4 is 5.73 Å². The maximum atomic E-state index is 11.7. The second-order valence-electron chi connectivity index (χ2n) is 3.20. The van der Waals surface area contributed by atoms with Gasteiger partial charge in [-0.05, 0) is 19.1 Å². The Hall–Kier alpha value is -1.26. The van der Waals surface area contributed by atoms with Gasteiger partial charge in [0.1, 0.15) is 10.6 Å². The number of fused-ring (bicyclic) bond motifs is 1. The third kappa shape index (κ3) is 1.86. The predicted molar refractivity (Wildman–Crippen MR) is 67.2 cm³/mol. The lowest BCUT2D eigenvalue weighted by atomic mass is 10.1. The second-order valence-corrected chi connectivity index (χ2v) is 4.72. The summed E-state index contributed by atoms with van der Waals surface area (Å²) in [5.41, 5.74) is 6.25. The fourth-order valence-electron chi connectivity index (χ4n) is 1.50. The number of nitrogen functional groups attached to an aromatic ring is 1. The minimum Gasteiger partial charge on any atom is -0.462 e. The fraction of sp³-hybridized carbons (Fsp3) is 0.182. The first-order valence-electron chi connectivity index (χ1n) is 4.78. The van der Waals surface area contributed by atoms with Gasteiger partial charge in [-0.25, -0.2) is 4.79 Å². The van der Waals surface area contributed by atoms with Crippen molar-refractivity contribution in [2.24, 2.45) is 0 Å². The molecule has 2 N–H and O–H groups in total. The van der Waals surface area contributed by atoms with Crippen LogP contribution in [0.5, 0.6) is 0 Å². The Morgan fingerprint density at radius 2 is 2.31 bits per heavy atom. The molecule has 0 aliphatic carbocycles. The monoisotopic (exact) mass is 255 g/mol. The molecule has 0 aliphatic rings. The van der Waals surface area contributed by atoms with Crippen LogP contribution in [0.4, 0.5) is 5.00 Å². The third-order valence-electron chi connectivity index (χ3n) is 2.16. The quantitative estimate of drug-likeness (QED) is 0.838. The minimum atomic E-state index is -0.381. The Morgan fingerprint density at radius 3 is 3.00 bits per heavy atom. The number of benzene rings is 1. The molecule has 3 nitrogen and oxygen atoms in total. The maximum absolute atomic E-state index is 11.7. The highest BCUT2D eigenvalue weighted by molar-refractivity contribution is 7.23. The SMILES string of the molecule is CCOC(=O)c1c(N)sc2cc(Cl)ccc12. The zero-order valence-corrected chi connectivity index (χ0v) is 10.2. The topological polar surface area (TPSA) is 52.3 Å². The molecule has 0 radical (unpaired) electrons. The molecule has 84 valence electrons. The number of hydrogen-bond acceptors (Lipinski definition) is 4. The van der Waals surface area contributed by atoms with Crippen LogP contribution in [0.1, 0.15) is 17.3 Å². The molecular weight excluding hydrogens is 246 g/mol. The molecule has 1 heterocycles. The minimum absolute atomic E-state index is 0.337. The Kier molecular flexibility index (Phi) is 3.03. The Labute approximate surface area is 102 Å². The Balaban J connectivity index is 2.60. The normalized spacial score (nSPS) is 10.6. The summed E-state index contributed by atoms with van der Waals surface area (Å²) < 4.78 is 5.86. The van der Waals surface area contributed by atoms with Crippen molar-refractivity contribution < 1.29 is 9.53 Å². The molecule has 2 rings (SSSR count). The van der Waals surface area contributed by atoms with Crippen molar-refractivity contribution in [3.63, 3.8) is 0 Å². The lowest BCUT2D eigenvalue weighted by Gasteiger charge is -2.01. The smallest absolute Gasteiger partial charge is 0.341 e. The van der Waals surface area contributed by atoms with E-state index in [1.165, 1.54) is 11.3 Å². The average Bonchev–Trinajstić information content (AvgIpc) is 2.53. The molecule has 1 aromatic heterocycles. The summed E-state index contributed by atoms with van der Waals surface area (Å²) in [4.78, 5) is 11.7. The summed E-state index contributed by atoms with van der Waals surface area (Å²) in [6, 6.07) is 5.32. The van der Waals surface area contributed by atoms with E-state index in [0.717, 1.165) is 10.1 Å². The molecule has 0 spiro atoms. The van der Waals surface area contributed by atoms with Gasteiger partial charge >= 0.3 is 5.97 Å². The lowest BCUT2D eigenvalue weighted by Crippen LogP contribution is -2.05. The van der Waals surface area contributed by atoms with Crippen LogP contribution in [0.3, 0.4) is 0 Å².